The van der Waals surface area contributed by atoms with E-state index in [1.807, 2.05) is 40.8 Å². The Bertz CT molecular complexity index is 210. The zero-order chi connectivity index (χ0) is 14.1. The topological polar surface area (TPSA) is 36.9 Å². The molecule has 0 amide bonds. The van der Waals surface area contributed by atoms with E-state index in [4.69, 9.17) is 17.7 Å². The molecule has 0 spiro atoms. The highest BCUT2D eigenvalue weighted by molar-refractivity contribution is 6.77. The van der Waals surface area contributed by atoms with Crippen LogP contribution in [0.5, 0.6) is 0 Å². The Morgan fingerprint density at radius 1 is 0.611 bits per heavy atom. The van der Waals surface area contributed by atoms with Crippen molar-refractivity contribution in [2.75, 3.05) is 26.4 Å². The quantitative estimate of drug-likeness (QED) is 0.580. The average Bonchev–Trinajstić information content (AvgIpc) is 2.28. The molecule has 0 rings (SSSR count). The van der Waals surface area contributed by atoms with E-state index in [-0.39, 0.29) is 0 Å². The van der Waals surface area contributed by atoms with Gasteiger partial charge < -0.3 is 17.7 Å². The lowest BCUT2D eigenvalue weighted by atomic mass is 10.9. The van der Waals surface area contributed by atoms with Gasteiger partial charge in [-0.05, 0) is 52.2 Å². The monoisotopic (exact) mass is 292 g/mol. The van der Waals surface area contributed by atoms with Gasteiger partial charge in [-0.2, -0.15) is 0 Å². The third-order valence-corrected chi connectivity index (χ3v) is 7.74. The van der Waals surface area contributed by atoms with E-state index in [9.17, 15) is 0 Å². The highest BCUT2D eigenvalue weighted by Gasteiger charge is 2.33. The largest absolute Gasteiger partial charge is 0.392 e. The summed E-state index contributed by atoms with van der Waals surface area (Å²) in [4.78, 5) is 0. The first-order chi connectivity index (χ1) is 8.45. The lowest BCUT2D eigenvalue weighted by molar-refractivity contribution is 0.196. The van der Waals surface area contributed by atoms with Crippen LogP contribution in [0.25, 0.3) is 0 Å². The maximum atomic E-state index is 5.76. The lowest BCUT2D eigenvalue weighted by Gasteiger charge is -2.26. The molecule has 0 N–H and O–H groups in total. The van der Waals surface area contributed by atoms with Crippen molar-refractivity contribution in [1.29, 1.82) is 0 Å². The second kappa shape index (κ2) is 9.00. The molecule has 0 aromatic heterocycles. The maximum Gasteiger partial charge on any atom is 0.361 e. The highest BCUT2D eigenvalue weighted by Crippen LogP contribution is 2.14. The van der Waals surface area contributed by atoms with E-state index in [1.165, 1.54) is 0 Å². The van der Waals surface area contributed by atoms with E-state index in [0.29, 0.717) is 26.4 Å². The summed E-state index contributed by atoms with van der Waals surface area (Å²) in [6.07, 6.45) is 0. The van der Waals surface area contributed by atoms with Gasteiger partial charge in [0.05, 0.1) is 0 Å². The Kier molecular flexibility index (Phi) is 9.01. The van der Waals surface area contributed by atoms with Crippen molar-refractivity contribution in [3.63, 3.8) is 0 Å². The minimum atomic E-state index is -2.22. The normalized spacial score (nSPS) is 13.4. The van der Waals surface area contributed by atoms with Crippen LogP contribution in [0.2, 0.25) is 13.1 Å². The first kappa shape index (κ1) is 18.0. The predicted molar refractivity (Wildman–Crippen MR) is 78.9 cm³/mol. The fraction of sp³-hybridized carbons (Fsp3) is 0.833. The summed E-state index contributed by atoms with van der Waals surface area (Å²) in [5.74, 6) is 0. The standard InChI is InChI=1S/C12H28O4Si2/c1-7-13-17(5,14-8-2)11-12-18(6,15-9-3)16-10-4/h11-12H,7-10H2,1-6H3. The van der Waals surface area contributed by atoms with Crippen LogP contribution in [0.1, 0.15) is 27.7 Å². The molecule has 0 aromatic carbocycles. The number of hydrogen-bond acceptors (Lipinski definition) is 4. The molecule has 108 valence electrons. The molecular weight excluding hydrogens is 264 g/mol. The molecule has 0 heterocycles. The molecule has 0 aliphatic heterocycles. The maximum absolute atomic E-state index is 5.76. The van der Waals surface area contributed by atoms with Crippen molar-refractivity contribution < 1.29 is 17.7 Å². The molecule has 0 fully saturated rings. The zero-order valence-corrected chi connectivity index (χ0v) is 14.6. The van der Waals surface area contributed by atoms with E-state index >= 15 is 0 Å². The molecule has 0 atom stereocenters. The van der Waals surface area contributed by atoms with Crippen LogP contribution in [-0.2, 0) is 17.7 Å². The Hall–Kier alpha value is 0.0138. The van der Waals surface area contributed by atoms with Crippen molar-refractivity contribution in [2.45, 2.75) is 40.8 Å². The van der Waals surface area contributed by atoms with Crippen molar-refractivity contribution in [3.8, 4) is 0 Å². The molecule has 0 bridgehead atoms. The molecule has 4 nitrogen and oxygen atoms in total. The Morgan fingerprint density at radius 3 is 1.00 bits per heavy atom. The van der Waals surface area contributed by atoms with Crippen LogP contribution < -0.4 is 0 Å². The number of rotatable bonds is 10. The molecule has 0 aliphatic rings. The van der Waals surface area contributed by atoms with E-state index in [2.05, 4.69) is 11.4 Å². The number of hydrogen-bond donors (Lipinski definition) is 0. The summed E-state index contributed by atoms with van der Waals surface area (Å²) in [5, 5.41) is 0. The third kappa shape index (κ3) is 6.82. The van der Waals surface area contributed by atoms with Crippen molar-refractivity contribution in [3.05, 3.63) is 11.4 Å². The van der Waals surface area contributed by atoms with Gasteiger partial charge in [0.15, 0.2) is 0 Å². The van der Waals surface area contributed by atoms with E-state index in [0.717, 1.165) is 0 Å². The van der Waals surface area contributed by atoms with Crippen molar-refractivity contribution in [2.24, 2.45) is 0 Å². The second-order valence-electron chi connectivity index (χ2n) is 4.10. The van der Waals surface area contributed by atoms with E-state index < -0.39 is 17.1 Å². The van der Waals surface area contributed by atoms with Gasteiger partial charge in [-0.15, -0.1) is 0 Å². The third-order valence-electron chi connectivity index (χ3n) is 2.41. The fourth-order valence-electron chi connectivity index (χ4n) is 1.72. The van der Waals surface area contributed by atoms with Gasteiger partial charge in [0, 0.05) is 26.4 Å². The van der Waals surface area contributed by atoms with Gasteiger partial charge >= 0.3 is 17.1 Å². The molecule has 18 heavy (non-hydrogen) atoms. The summed E-state index contributed by atoms with van der Waals surface area (Å²) in [6.45, 7) is 14.7. The van der Waals surface area contributed by atoms with Gasteiger partial charge in [-0.3, -0.25) is 0 Å². The van der Waals surface area contributed by atoms with Crippen LogP contribution in [0.4, 0.5) is 0 Å². The van der Waals surface area contributed by atoms with Crippen molar-refractivity contribution in [1.82, 2.24) is 0 Å². The minimum Gasteiger partial charge on any atom is -0.392 e. The molecule has 0 radical (unpaired) electrons. The molecule has 0 saturated heterocycles. The first-order valence-corrected chi connectivity index (χ1v) is 11.5. The fourth-order valence-corrected chi connectivity index (χ4v) is 6.99. The van der Waals surface area contributed by atoms with Gasteiger partial charge in [0.1, 0.15) is 0 Å². The Balaban J connectivity index is 4.79. The zero-order valence-electron chi connectivity index (χ0n) is 12.6. The predicted octanol–water partition coefficient (Wildman–Crippen LogP) is 2.91. The minimum absolute atomic E-state index is 0.661. The Labute approximate surface area is 114 Å². The molecule has 0 unspecified atom stereocenters. The second-order valence-corrected chi connectivity index (χ2v) is 9.98. The van der Waals surface area contributed by atoms with Crippen LogP contribution in [0.15, 0.2) is 11.4 Å². The average molecular weight is 293 g/mol. The van der Waals surface area contributed by atoms with Gasteiger partial charge in [-0.1, -0.05) is 0 Å². The summed E-state index contributed by atoms with van der Waals surface area (Å²) in [5.41, 5.74) is 4.11. The van der Waals surface area contributed by atoms with Crippen LogP contribution >= 0.6 is 0 Å². The van der Waals surface area contributed by atoms with Crippen LogP contribution in [-0.4, -0.2) is 43.5 Å². The van der Waals surface area contributed by atoms with Crippen molar-refractivity contribution >= 4 is 17.1 Å². The summed E-state index contributed by atoms with van der Waals surface area (Å²) in [6, 6.07) is 0. The van der Waals surface area contributed by atoms with Gasteiger partial charge in [0.2, 0.25) is 0 Å². The SMILES string of the molecule is CCO[Si](C)(C=C[Si](C)(OCC)OCC)OCC. The first-order valence-electron chi connectivity index (χ1n) is 6.71. The van der Waals surface area contributed by atoms with Crippen LogP contribution in [0, 0.1) is 0 Å². The highest BCUT2D eigenvalue weighted by atomic mass is 28.4. The molecule has 0 aliphatic carbocycles. The summed E-state index contributed by atoms with van der Waals surface area (Å²) in [7, 11) is -4.45. The smallest absolute Gasteiger partial charge is 0.361 e. The molecule has 0 aromatic rings. The molecular formula is C12H28O4Si2. The Morgan fingerprint density at radius 2 is 0.833 bits per heavy atom. The van der Waals surface area contributed by atoms with E-state index in [1.54, 1.807) is 0 Å². The molecule has 0 saturated carbocycles. The lowest BCUT2D eigenvalue weighted by Crippen LogP contribution is -2.41. The van der Waals surface area contributed by atoms with Crippen LogP contribution in [0.3, 0.4) is 0 Å². The van der Waals surface area contributed by atoms with Gasteiger partial charge in [-0.25, -0.2) is 0 Å². The molecule has 6 heteroatoms. The van der Waals surface area contributed by atoms with Gasteiger partial charge in [0.25, 0.3) is 0 Å². The summed E-state index contributed by atoms with van der Waals surface area (Å²) < 4.78 is 23.1. The summed E-state index contributed by atoms with van der Waals surface area (Å²) >= 11 is 0.